The Kier molecular flexibility index (Phi) is 2.06. The van der Waals surface area contributed by atoms with E-state index >= 15 is 0 Å². The first kappa shape index (κ1) is 7.75. The van der Waals surface area contributed by atoms with Gasteiger partial charge in [-0.15, -0.1) is 0 Å². The largest absolute Gasteiger partial charge is 0.493 e. The first-order valence-corrected chi connectivity index (χ1v) is 7.44. The fraction of sp³-hybridized carbons (Fsp3) is 0.632. The van der Waals surface area contributed by atoms with Crippen LogP contribution >= 0.6 is 0 Å². The monoisotopic (exact) mass is 345 g/mol. The predicted octanol–water partition coefficient (Wildman–Crippen LogP) is 2.35. The van der Waals surface area contributed by atoms with Crippen LogP contribution in [0.3, 0.4) is 0 Å². The lowest BCUT2D eigenvalue weighted by atomic mass is 9.79. The van der Waals surface area contributed by atoms with Gasteiger partial charge in [-0.1, -0.05) is 0 Å². The first-order chi connectivity index (χ1) is 16.0. The van der Waals surface area contributed by atoms with Crippen LogP contribution in [-0.4, -0.2) is 48.6 Å². The molecule has 0 aliphatic carbocycles. The number of Topliss-reactive ketones (excluding diaryl/α,β-unsaturated/α-hetero) is 1. The topological polar surface area (TPSA) is 59.0 Å². The maximum absolute atomic E-state index is 13.2. The lowest BCUT2D eigenvalue weighted by Gasteiger charge is -2.44. The van der Waals surface area contributed by atoms with Crippen molar-refractivity contribution in [1.82, 2.24) is 4.90 Å². The van der Waals surface area contributed by atoms with Crippen LogP contribution in [0.4, 0.5) is 0 Å². The highest BCUT2D eigenvalue weighted by Gasteiger charge is 2.40. The number of ketones is 1. The highest BCUT2D eigenvalue weighted by Crippen LogP contribution is 2.42. The Morgan fingerprint density at radius 2 is 2.29 bits per heavy atom. The average Bonchev–Trinajstić information content (AvgIpc) is 2.69. The highest BCUT2D eigenvalue weighted by molar-refractivity contribution is 5.83. The number of fused-ring (bicyclic) bond motifs is 3. The molecular formula is C19H27NO4. The summed E-state index contributed by atoms with van der Waals surface area (Å²) in [7, 11) is -1.69. The van der Waals surface area contributed by atoms with E-state index in [-0.39, 0.29) is 22.6 Å². The van der Waals surface area contributed by atoms with Gasteiger partial charge in [0.15, 0.2) is 11.5 Å². The minimum absolute atomic E-state index is 0.0988. The van der Waals surface area contributed by atoms with Gasteiger partial charge in [0, 0.05) is 43.8 Å². The van der Waals surface area contributed by atoms with Crippen molar-refractivity contribution in [2.24, 2.45) is 5.92 Å². The number of hydrogen-bond donors (Lipinski definition) is 1. The number of methoxy groups -OCH3 is 2. The number of benzene rings is 1. The Hall–Kier alpha value is -1.59. The summed E-state index contributed by atoms with van der Waals surface area (Å²) in [5.74, 6) is -3.01. The number of ether oxygens (including phenoxy) is 2. The predicted molar refractivity (Wildman–Crippen MR) is 91.6 cm³/mol. The zero-order valence-electron chi connectivity index (χ0n) is 25.3. The smallest absolute Gasteiger partial charge is 0.161 e. The SMILES string of the molecule is [2H]C([2H])([2H])Oc1cc2c(cc1OC)[C@@H]1CC(=O)[C@@H](C([2H])([2H])C(C)(O)C([2H])([2H])[2H])CN1C([2H])([2H])C2([2H])[2H]. The van der Waals surface area contributed by atoms with Crippen molar-refractivity contribution in [3.05, 3.63) is 23.3 Å². The molecule has 5 heteroatoms. The number of piperidine rings is 1. The maximum Gasteiger partial charge on any atom is 0.161 e. The number of carbonyl (C=O) groups is 1. The molecule has 1 fully saturated rings. The minimum atomic E-state index is -3.21. The summed E-state index contributed by atoms with van der Waals surface area (Å²) in [6.45, 7) is -6.03. The Morgan fingerprint density at radius 3 is 3.00 bits per heavy atom. The van der Waals surface area contributed by atoms with Crippen molar-refractivity contribution < 1.29 is 35.8 Å². The summed E-state index contributed by atoms with van der Waals surface area (Å²) in [6.07, 6.45) is -6.34. The molecule has 1 N–H and O–H groups in total. The van der Waals surface area contributed by atoms with Gasteiger partial charge in [-0.25, -0.2) is 0 Å². The van der Waals surface area contributed by atoms with Crippen molar-refractivity contribution in [2.75, 3.05) is 27.2 Å². The van der Waals surface area contributed by atoms with Gasteiger partial charge < -0.3 is 14.6 Å². The molecule has 5 nitrogen and oxygen atoms in total. The second kappa shape index (κ2) is 6.37. The van der Waals surface area contributed by atoms with Crippen LogP contribution in [0, 0.1) is 5.92 Å². The summed E-state index contributed by atoms with van der Waals surface area (Å²) in [6, 6.07) is 1.17. The molecule has 3 atom stereocenters. The molecule has 1 aromatic rings. The summed E-state index contributed by atoms with van der Waals surface area (Å²) >= 11 is 0. The van der Waals surface area contributed by atoms with Gasteiger partial charge in [-0.2, -0.15) is 0 Å². The molecule has 1 unspecified atom stereocenters. The van der Waals surface area contributed by atoms with Crippen molar-refractivity contribution in [2.45, 2.75) is 44.6 Å². The summed E-state index contributed by atoms with van der Waals surface area (Å²) < 4.78 is 106. The molecular weight excluding hydrogens is 306 g/mol. The number of carbonyl (C=O) groups excluding carboxylic acids is 1. The van der Waals surface area contributed by atoms with Crippen molar-refractivity contribution in [3.63, 3.8) is 0 Å². The zero-order valence-corrected chi connectivity index (χ0v) is 13.3. The first-order valence-electron chi connectivity index (χ1n) is 13.4. The number of aliphatic hydroxyl groups is 1. The number of rotatable bonds is 4. The van der Waals surface area contributed by atoms with Crippen LogP contribution in [0.2, 0.25) is 0 Å². The summed E-state index contributed by atoms with van der Waals surface area (Å²) in [4.78, 5) is 14.1. The van der Waals surface area contributed by atoms with E-state index in [0.717, 1.165) is 17.9 Å². The molecule has 1 aromatic carbocycles. The molecule has 1 saturated heterocycles. The molecule has 3 rings (SSSR count). The molecule has 0 saturated carbocycles. The molecule has 24 heavy (non-hydrogen) atoms. The van der Waals surface area contributed by atoms with Gasteiger partial charge in [-0.05, 0) is 49.8 Å². The molecule has 0 spiro atoms. The van der Waals surface area contributed by atoms with Gasteiger partial charge in [0.25, 0.3) is 0 Å². The Bertz CT molecular complexity index is 1050. The van der Waals surface area contributed by atoms with E-state index in [0.29, 0.717) is 0 Å². The summed E-state index contributed by atoms with van der Waals surface area (Å²) in [5.41, 5.74) is -3.12. The van der Waals surface area contributed by atoms with Gasteiger partial charge >= 0.3 is 0 Å². The average molecular weight is 346 g/mol. The minimum Gasteiger partial charge on any atom is -0.493 e. The second-order valence-electron chi connectivity index (χ2n) is 6.04. The lowest BCUT2D eigenvalue weighted by molar-refractivity contribution is -0.131. The fourth-order valence-electron chi connectivity index (χ4n) is 3.07. The van der Waals surface area contributed by atoms with Crippen LogP contribution in [0.5, 0.6) is 11.5 Å². The highest BCUT2D eigenvalue weighted by atomic mass is 16.5. The third-order valence-corrected chi connectivity index (χ3v) is 4.13. The number of aryl methyl sites for hydroxylation is 1. The van der Waals surface area contributed by atoms with E-state index in [9.17, 15) is 9.90 Å². The third-order valence-electron chi connectivity index (χ3n) is 4.13. The van der Waals surface area contributed by atoms with Gasteiger partial charge in [0.1, 0.15) is 5.78 Å². The van der Waals surface area contributed by atoms with Gasteiger partial charge in [0.05, 0.1) is 23.9 Å². The van der Waals surface area contributed by atoms with Crippen LogP contribution in [0.15, 0.2) is 12.1 Å². The fourth-order valence-corrected chi connectivity index (χ4v) is 3.07. The van der Waals surface area contributed by atoms with Gasteiger partial charge in [0.2, 0.25) is 0 Å². The van der Waals surface area contributed by atoms with Crippen LogP contribution in [0.25, 0.3) is 0 Å². The Balaban J connectivity index is 2.16. The van der Waals surface area contributed by atoms with Gasteiger partial charge in [-0.3, -0.25) is 9.69 Å². The molecule has 2 heterocycles. The maximum atomic E-state index is 13.2. The Morgan fingerprint density at radius 1 is 1.50 bits per heavy atom. The molecule has 132 valence electrons. The van der Waals surface area contributed by atoms with E-state index in [1.165, 1.54) is 13.2 Å². The zero-order chi connectivity index (χ0) is 27.9. The van der Waals surface area contributed by atoms with Crippen molar-refractivity contribution >= 4 is 5.78 Å². The van der Waals surface area contributed by atoms with Crippen molar-refractivity contribution in [1.29, 1.82) is 0 Å². The molecule has 2 aliphatic heterocycles. The molecule has 0 amide bonds. The second-order valence-corrected chi connectivity index (χ2v) is 6.04. The van der Waals surface area contributed by atoms with E-state index < -0.39 is 69.4 Å². The summed E-state index contributed by atoms with van der Waals surface area (Å²) in [5, 5.41) is 10.6. The third kappa shape index (κ3) is 3.28. The number of nitrogens with zero attached hydrogens (tertiary/aromatic N) is 1. The molecule has 0 aromatic heterocycles. The quantitative estimate of drug-likeness (QED) is 0.908. The Labute approximate surface area is 160 Å². The lowest BCUT2D eigenvalue weighted by Crippen LogP contribution is -2.47. The van der Waals surface area contributed by atoms with Crippen molar-refractivity contribution in [3.8, 4) is 11.5 Å². The van der Waals surface area contributed by atoms with Crippen LogP contribution < -0.4 is 9.47 Å². The van der Waals surface area contributed by atoms with E-state index in [2.05, 4.69) is 0 Å². The van der Waals surface area contributed by atoms with Crippen LogP contribution in [-0.2, 0) is 11.2 Å². The van der Waals surface area contributed by atoms with E-state index in [1.807, 2.05) is 0 Å². The molecule has 0 radical (unpaired) electrons. The normalized spacial score (nSPS) is 39.5. The van der Waals surface area contributed by atoms with E-state index in [4.69, 9.17) is 25.9 Å². The number of hydrogen-bond acceptors (Lipinski definition) is 5. The standard InChI is InChI=1S/C19H27NO4/c1-19(2,22)10-13-11-20-6-5-12-7-17(23-3)18(24-4)8-14(12)15(20)9-16(13)21/h7-8,13,15,22H,5-6,9-11H2,1-4H3/t13-,15-/m0/s1/i1D3,3D3,5D2,6D2,10D2/t13-,15-,19?. The van der Waals surface area contributed by atoms with Crippen LogP contribution in [0.1, 0.15) is 60.2 Å². The molecule has 2 aliphatic rings. The molecule has 0 bridgehead atoms. The van der Waals surface area contributed by atoms with E-state index in [1.54, 1.807) is 0 Å².